The van der Waals surface area contributed by atoms with E-state index in [-0.39, 0.29) is 12.5 Å². The number of anilines is 2. The smallest absolute Gasteiger partial charge is 0.244 e. The van der Waals surface area contributed by atoms with Crippen LogP contribution in [0.4, 0.5) is 10.7 Å². The van der Waals surface area contributed by atoms with Gasteiger partial charge in [0.15, 0.2) is 0 Å². The van der Waals surface area contributed by atoms with Crippen molar-refractivity contribution in [3.8, 4) is 6.07 Å². The van der Waals surface area contributed by atoms with Gasteiger partial charge in [-0.1, -0.05) is 30.3 Å². The highest BCUT2D eigenvalue weighted by molar-refractivity contribution is 7.14. The molecule has 0 atom stereocenters. The van der Waals surface area contributed by atoms with Gasteiger partial charge in [0.1, 0.15) is 11.1 Å². The van der Waals surface area contributed by atoms with Gasteiger partial charge in [-0.15, -0.1) is 11.3 Å². The highest BCUT2D eigenvalue weighted by Crippen LogP contribution is 2.23. The fourth-order valence-electron chi connectivity index (χ4n) is 2.38. The summed E-state index contributed by atoms with van der Waals surface area (Å²) in [6, 6.07) is 18.0. The molecule has 0 bridgehead atoms. The summed E-state index contributed by atoms with van der Waals surface area (Å²) in [5.41, 5.74) is 1.47. The molecule has 3 aromatic rings. The summed E-state index contributed by atoms with van der Waals surface area (Å²) in [5.74, 6) is -0.139. The minimum atomic E-state index is -0.139. The Morgan fingerprint density at radius 3 is 2.78 bits per heavy atom. The number of benzene rings is 2. The summed E-state index contributed by atoms with van der Waals surface area (Å²) >= 11 is 1.35. The van der Waals surface area contributed by atoms with Crippen LogP contribution in [-0.4, -0.2) is 19.5 Å². The average molecular weight is 321 g/mol. The fourth-order valence-corrected chi connectivity index (χ4v) is 3.13. The molecule has 114 valence electrons. The lowest BCUT2D eigenvalue weighted by Crippen LogP contribution is -2.29. The summed E-state index contributed by atoms with van der Waals surface area (Å²) in [6.45, 7) is 0.223. The number of amides is 1. The maximum atomic E-state index is 12.2. The third kappa shape index (κ3) is 3.33. The van der Waals surface area contributed by atoms with Crippen molar-refractivity contribution in [2.75, 3.05) is 23.8 Å². The number of nitrogens with one attached hydrogen (secondary N) is 1. The molecule has 0 fully saturated rings. The molecular formula is C18H15N3OS. The molecule has 1 heterocycles. The van der Waals surface area contributed by atoms with E-state index in [1.54, 1.807) is 11.4 Å². The van der Waals surface area contributed by atoms with Crippen LogP contribution in [0.3, 0.4) is 0 Å². The first-order valence-electron chi connectivity index (χ1n) is 7.15. The first-order chi connectivity index (χ1) is 11.2. The highest BCUT2D eigenvalue weighted by atomic mass is 32.1. The molecule has 0 aliphatic heterocycles. The molecule has 3 rings (SSSR count). The Bertz CT molecular complexity index is 894. The van der Waals surface area contributed by atoms with E-state index in [0.717, 1.165) is 11.1 Å². The fraction of sp³-hybridized carbons (Fsp3) is 0.111. The number of fused-ring (bicyclic) bond motifs is 1. The van der Waals surface area contributed by atoms with Gasteiger partial charge in [-0.3, -0.25) is 4.79 Å². The molecule has 2 aromatic carbocycles. The van der Waals surface area contributed by atoms with E-state index in [1.807, 2.05) is 36.2 Å². The normalized spacial score (nSPS) is 10.3. The van der Waals surface area contributed by atoms with Gasteiger partial charge in [0, 0.05) is 12.7 Å². The molecule has 0 unspecified atom stereocenters. The number of nitriles is 1. The monoisotopic (exact) mass is 321 g/mol. The SMILES string of the molecule is CN(CC(=O)Nc1sccc1C#N)c1ccc2ccccc2c1. The number of carbonyl (C=O) groups is 1. The predicted molar refractivity (Wildman–Crippen MR) is 94.9 cm³/mol. The van der Waals surface area contributed by atoms with Crippen molar-refractivity contribution in [2.24, 2.45) is 0 Å². The molecule has 0 aliphatic rings. The van der Waals surface area contributed by atoms with Crippen LogP contribution in [0, 0.1) is 11.3 Å². The summed E-state index contributed by atoms with van der Waals surface area (Å²) in [6.07, 6.45) is 0. The van der Waals surface area contributed by atoms with Gasteiger partial charge in [0.2, 0.25) is 5.91 Å². The number of rotatable bonds is 4. The quantitative estimate of drug-likeness (QED) is 0.794. The number of hydrogen-bond donors (Lipinski definition) is 1. The Balaban J connectivity index is 1.71. The standard InChI is InChI=1S/C18H15N3OS/c1-21(12-17(22)20-18-15(11-19)8-9-23-18)16-7-6-13-4-2-3-5-14(13)10-16/h2-10H,12H2,1H3,(H,20,22). The Labute approximate surface area is 138 Å². The van der Waals surface area contributed by atoms with Crippen LogP contribution in [0.1, 0.15) is 5.56 Å². The van der Waals surface area contributed by atoms with Crippen molar-refractivity contribution in [1.82, 2.24) is 0 Å². The van der Waals surface area contributed by atoms with Gasteiger partial charge in [0.05, 0.1) is 12.1 Å². The van der Waals surface area contributed by atoms with Gasteiger partial charge in [-0.2, -0.15) is 5.26 Å². The minimum absolute atomic E-state index is 0.139. The summed E-state index contributed by atoms with van der Waals surface area (Å²) < 4.78 is 0. The van der Waals surface area contributed by atoms with Gasteiger partial charge in [-0.25, -0.2) is 0 Å². The molecular weight excluding hydrogens is 306 g/mol. The number of likely N-dealkylation sites (N-methyl/N-ethyl adjacent to an activating group) is 1. The number of hydrogen-bond acceptors (Lipinski definition) is 4. The average Bonchev–Trinajstić information content (AvgIpc) is 3.01. The second-order valence-corrected chi connectivity index (χ2v) is 6.13. The van der Waals surface area contributed by atoms with E-state index in [1.165, 1.54) is 16.7 Å². The zero-order chi connectivity index (χ0) is 16.2. The number of carbonyl (C=O) groups excluding carboxylic acids is 1. The van der Waals surface area contributed by atoms with Crippen molar-refractivity contribution in [3.63, 3.8) is 0 Å². The summed E-state index contributed by atoms with van der Waals surface area (Å²) in [7, 11) is 1.88. The van der Waals surface area contributed by atoms with E-state index in [0.29, 0.717) is 10.6 Å². The van der Waals surface area contributed by atoms with E-state index >= 15 is 0 Å². The van der Waals surface area contributed by atoms with Crippen LogP contribution < -0.4 is 10.2 Å². The zero-order valence-electron chi connectivity index (χ0n) is 12.6. The van der Waals surface area contributed by atoms with E-state index in [2.05, 4.69) is 29.6 Å². The number of nitrogens with zero attached hydrogens (tertiary/aromatic N) is 2. The molecule has 1 amide bonds. The van der Waals surface area contributed by atoms with E-state index in [4.69, 9.17) is 5.26 Å². The van der Waals surface area contributed by atoms with Crippen LogP contribution in [0.15, 0.2) is 53.9 Å². The van der Waals surface area contributed by atoms with Crippen LogP contribution >= 0.6 is 11.3 Å². The van der Waals surface area contributed by atoms with E-state index < -0.39 is 0 Å². The molecule has 1 N–H and O–H groups in total. The topological polar surface area (TPSA) is 56.1 Å². The lowest BCUT2D eigenvalue weighted by atomic mass is 10.1. The molecule has 0 saturated heterocycles. The molecule has 1 aromatic heterocycles. The van der Waals surface area contributed by atoms with Crippen molar-refractivity contribution in [2.45, 2.75) is 0 Å². The number of thiophene rings is 1. The van der Waals surface area contributed by atoms with Crippen molar-refractivity contribution >= 4 is 38.7 Å². The van der Waals surface area contributed by atoms with E-state index in [9.17, 15) is 4.79 Å². The van der Waals surface area contributed by atoms with Gasteiger partial charge >= 0.3 is 0 Å². The van der Waals surface area contributed by atoms with Crippen LogP contribution in [0.5, 0.6) is 0 Å². The van der Waals surface area contributed by atoms with Crippen LogP contribution in [0.2, 0.25) is 0 Å². The Morgan fingerprint density at radius 2 is 2.00 bits per heavy atom. The predicted octanol–water partition coefficient (Wildman–Crippen LogP) is 3.85. The summed E-state index contributed by atoms with van der Waals surface area (Å²) in [5, 5.41) is 16.5. The van der Waals surface area contributed by atoms with Crippen molar-refractivity contribution in [1.29, 1.82) is 5.26 Å². The van der Waals surface area contributed by atoms with Crippen molar-refractivity contribution in [3.05, 3.63) is 59.5 Å². The largest absolute Gasteiger partial charge is 0.365 e. The maximum Gasteiger partial charge on any atom is 0.244 e. The highest BCUT2D eigenvalue weighted by Gasteiger charge is 2.11. The van der Waals surface area contributed by atoms with Crippen molar-refractivity contribution < 1.29 is 4.79 Å². The molecule has 5 heteroatoms. The Hall–Kier alpha value is -2.84. The first-order valence-corrected chi connectivity index (χ1v) is 8.03. The molecule has 0 saturated carbocycles. The van der Waals surface area contributed by atoms with Gasteiger partial charge in [-0.05, 0) is 34.4 Å². The molecule has 0 radical (unpaired) electrons. The Morgan fingerprint density at radius 1 is 1.22 bits per heavy atom. The second kappa shape index (κ2) is 6.51. The second-order valence-electron chi connectivity index (χ2n) is 5.21. The van der Waals surface area contributed by atoms with Crippen LogP contribution in [-0.2, 0) is 4.79 Å². The third-order valence-electron chi connectivity index (χ3n) is 3.59. The summed E-state index contributed by atoms with van der Waals surface area (Å²) in [4.78, 5) is 14.1. The van der Waals surface area contributed by atoms with Gasteiger partial charge in [0.25, 0.3) is 0 Å². The maximum absolute atomic E-state index is 12.2. The lowest BCUT2D eigenvalue weighted by Gasteiger charge is -2.19. The van der Waals surface area contributed by atoms with Crippen LogP contribution in [0.25, 0.3) is 10.8 Å². The molecule has 0 aliphatic carbocycles. The zero-order valence-corrected chi connectivity index (χ0v) is 13.4. The molecule has 0 spiro atoms. The first kappa shape index (κ1) is 15.1. The Kier molecular flexibility index (Phi) is 4.26. The lowest BCUT2D eigenvalue weighted by molar-refractivity contribution is -0.114. The minimum Gasteiger partial charge on any atom is -0.365 e. The third-order valence-corrected chi connectivity index (χ3v) is 4.42. The molecule has 4 nitrogen and oxygen atoms in total. The molecule has 23 heavy (non-hydrogen) atoms. The van der Waals surface area contributed by atoms with Gasteiger partial charge < -0.3 is 10.2 Å².